The Bertz CT molecular complexity index is 683. The first-order valence-electron chi connectivity index (χ1n) is 6.79. The normalized spacial score (nSPS) is 13.5. The van der Waals surface area contributed by atoms with E-state index in [0.717, 1.165) is 4.88 Å². The van der Waals surface area contributed by atoms with E-state index in [1.54, 1.807) is 11.3 Å². The van der Waals surface area contributed by atoms with Crippen LogP contribution in [0.3, 0.4) is 0 Å². The van der Waals surface area contributed by atoms with Crippen LogP contribution in [0, 0.1) is 5.82 Å². The summed E-state index contributed by atoms with van der Waals surface area (Å²) in [6.07, 6.45) is 0. The molecule has 1 aromatic carbocycles. The fourth-order valence-corrected chi connectivity index (χ4v) is 4.14. The van der Waals surface area contributed by atoms with Crippen molar-refractivity contribution in [1.29, 1.82) is 0 Å². The second kappa shape index (κ2) is 7.32. The van der Waals surface area contributed by atoms with Gasteiger partial charge < -0.3 is 4.90 Å². The molecule has 4 nitrogen and oxygen atoms in total. The van der Waals surface area contributed by atoms with Gasteiger partial charge in [0.1, 0.15) is 5.82 Å². The highest BCUT2D eigenvalue weighted by atomic mass is 32.2. The number of halogens is 1. The van der Waals surface area contributed by atoms with Crippen LogP contribution in [-0.4, -0.2) is 34.0 Å². The summed E-state index contributed by atoms with van der Waals surface area (Å²) in [5.74, 6) is -0.530. The number of likely N-dealkylation sites (N-methyl/N-ethyl adjacent to an activating group) is 1. The van der Waals surface area contributed by atoms with Crippen LogP contribution in [0.15, 0.2) is 41.8 Å². The van der Waals surface area contributed by atoms with E-state index in [-0.39, 0.29) is 17.6 Å². The number of benzene rings is 1. The molecule has 0 saturated heterocycles. The zero-order valence-corrected chi connectivity index (χ0v) is 14.1. The Kier molecular flexibility index (Phi) is 5.69. The lowest BCUT2D eigenvalue weighted by Crippen LogP contribution is -2.34. The van der Waals surface area contributed by atoms with Gasteiger partial charge in [0.2, 0.25) is 10.0 Å². The molecule has 1 heterocycles. The second-order valence-electron chi connectivity index (χ2n) is 5.23. The van der Waals surface area contributed by atoms with Gasteiger partial charge in [0.25, 0.3) is 0 Å². The van der Waals surface area contributed by atoms with Crippen molar-refractivity contribution < 1.29 is 12.8 Å². The van der Waals surface area contributed by atoms with E-state index in [9.17, 15) is 12.8 Å². The molecule has 1 atom stereocenters. The predicted octanol–water partition coefficient (Wildman–Crippen LogP) is 2.61. The average molecular weight is 342 g/mol. The Labute approximate surface area is 134 Å². The quantitative estimate of drug-likeness (QED) is 0.841. The molecule has 0 unspecified atom stereocenters. The fraction of sp³-hybridized carbons (Fsp3) is 0.333. The SMILES string of the molecule is CN(C)[C@H](CNS(=O)(=O)Cc1ccc(F)cc1)c1cccs1. The Morgan fingerprint density at radius 3 is 2.45 bits per heavy atom. The van der Waals surface area contributed by atoms with Gasteiger partial charge in [0, 0.05) is 11.4 Å². The van der Waals surface area contributed by atoms with E-state index < -0.39 is 10.0 Å². The Morgan fingerprint density at radius 2 is 1.91 bits per heavy atom. The third-order valence-electron chi connectivity index (χ3n) is 3.26. The number of hydrogen-bond donors (Lipinski definition) is 1. The van der Waals surface area contributed by atoms with E-state index in [1.165, 1.54) is 24.3 Å². The minimum Gasteiger partial charge on any atom is -0.300 e. The van der Waals surface area contributed by atoms with Gasteiger partial charge >= 0.3 is 0 Å². The minimum absolute atomic E-state index is 0.0111. The van der Waals surface area contributed by atoms with Crippen LogP contribution < -0.4 is 4.72 Å². The monoisotopic (exact) mass is 342 g/mol. The molecule has 0 aliphatic heterocycles. The largest absolute Gasteiger partial charge is 0.300 e. The third-order valence-corrected chi connectivity index (χ3v) is 5.55. The number of thiophene rings is 1. The highest BCUT2D eigenvalue weighted by Crippen LogP contribution is 2.22. The van der Waals surface area contributed by atoms with E-state index in [1.807, 2.05) is 36.5 Å². The van der Waals surface area contributed by atoms with Crippen LogP contribution in [0.4, 0.5) is 4.39 Å². The summed E-state index contributed by atoms with van der Waals surface area (Å²) in [5, 5.41) is 1.97. The molecule has 0 spiro atoms. The Morgan fingerprint density at radius 1 is 1.23 bits per heavy atom. The van der Waals surface area contributed by atoms with Crippen molar-refractivity contribution in [2.45, 2.75) is 11.8 Å². The van der Waals surface area contributed by atoms with Gasteiger partial charge in [-0.05, 0) is 43.2 Å². The van der Waals surface area contributed by atoms with Crippen molar-refractivity contribution in [2.24, 2.45) is 0 Å². The van der Waals surface area contributed by atoms with Crippen LogP contribution in [0.2, 0.25) is 0 Å². The summed E-state index contributed by atoms with van der Waals surface area (Å²) in [6, 6.07) is 9.42. The smallest absolute Gasteiger partial charge is 0.215 e. The van der Waals surface area contributed by atoms with Gasteiger partial charge in [-0.3, -0.25) is 0 Å². The molecule has 7 heteroatoms. The van der Waals surface area contributed by atoms with Gasteiger partial charge in [0.05, 0.1) is 11.8 Å². The molecule has 120 valence electrons. The zero-order valence-electron chi connectivity index (χ0n) is 12.5. The van der Waals surface area contributed by atoms with Crippen LogP contribution in [0.25, 0.3) is 0 Å². The van der Waals surface area contributed by atoms with Gasteiger partial charge in [-0.2, -0.15) is 0 Å². The molecule has 0 aliphatic carbocycles. The summed E-state index contributed by atoms with van der Waals surface area (Å²) in [4.78, 5) is 3.08. The lowest BCUT2D eigenvalue weighted by molar-refractivity contribution is 0.303. The molecule has 0 aliphatic rings. The van der Waals surface area contributed by atoms with Crippen molar-refractivity contribution in [3.05, 3.63) is 58.0 Å². The van der Waals surface area contributed by atoms with E-state index >= 15 is 0 Å². The fourth-order valence-electron chi connectivity index (χ4n) is 2.08. The lowest BCUT2D eigenvalue weighted by Gasteiger charge is -2.23. The standard InChI is InChI=1S/C15H19FN2O2S2/c1-18(2)14(15-4-3-9-21-15)10-17-22(19,20)11-12-5-7-13(16)8-6-12/h3-9,14,17H,10-11H2,1-2H3/t14-/m1/s1. The summed E-state index contributed by atoms with van der Waals surface area (Å²) in [6.45, 7) is 0.303. The zero-order chi connectivity index (χ0) is 16.2. The molecule has 0 saturated carbocycles. The van der Waals surface area contributed by atoms with Crippen LogP contribution in [0.5, 0.6) is 0 Å². The molecule has 0 bridgehead atoms. The number of sulfonamides is 1. The molecule has 22 heavy (non-hydrogen) atoms. The van der Waals surface area contributed by atoms with Crippen molar-refractivity contribution in [3.63, 3.8) is 0 Å². The Balaban J connectivity index is 2.00. The van der Waals surface area contributed by atoms with Crippen LogP contribution in [-0.2, 0) is 15.8 Å². The minimum atomic E-state index is -3.46. The van der Waals surface area contributed by atoms with Crippen molar-refractivity contribution in [2.75, 3.05) is 20.6 Å². The molecule has 2 rings (SSSR count). The van der Waals surface area contributed by atoms with Gasteiger partial charge in [0.15, 0.2) is 0 Å². The second-order valence-corrected chi connectivity index (χ2v) is 8.01. The lowest BCUT2D eigenvalue weighted by atomic mass is 10.2. The first-order valence-corrected chi connectivity index (χ1v) is 9.32. The summed E-state index contributed by atoms with van der Waals surface area (Å²) >= 11 is 1.60. The predicted molar refractivity (Wildman–Crippen MR) is 87.8 cm³/mol. The van der Waals surface area contributed by atoms with Crippen molar-refractivity contribution >= 4 is 21.4 Å². The van der Waals surface area contributed by atoms with Crippen molar-refractivity contribution in [1.82, 2.24) is 9.62 Å². The molecule has 0 fully saturated rings. The van der Waals surface area contributed by atoms with Crippen LogP contribution >= 0.6 is 11.3 Å². The summed E-state index contributed by atoms with van der Waals surface area (Å²) in [5.41, 5.74) is 0.562. The van der Waals surface area contributed by atoms with E-state index in [2.05, 4.69) is 4.72 Å². The number of rotatable bonds is 7. The first-order chi connectivity index (χ1) is 10.4. The topological polar surface area (TPSA) is 49.4 Å². The molecular weight excluding hydrogens is 323 g/mol. The summed E-state index contributed by atoms with van der Waals surface area (Å²) < 4.78 is 39.8. The highest BCUT2D eigenvalue weighted by molar-refractivity contribution is 7.88. The van der Waals surface area contributed by atoms with Crippen LogP contribution in [0.1, 0.15) is 16.5 Å². The first kappa shape index (κ1) is 17.1. The van der Waals surface area contributed by atoms with Crippen molar-refractivity contribution in [3.8, 4) is 0 Å². The summed E-state index contributed by atoms with van der Waals surface area (Å²) in [7, 11) is 0.369. The maximum absolute atomic E-state index is 12.8. The molecule has 0 radical (unpaired) electrons. The molecule has 1 aromatic heterocycles. The maximum atomic E-state index is 12.8. The molecule has 1 N–H and O–H groups in total. The molecule has 0 amide bonds. The van der Waals surface area contributed by atoms with Gasteiger partial charge in [-0.1, -0.05) is 18.2 Å². The molecular formula is C15H19FN2O2S2. The number of hydrogen-bond acceptors (Lipinski definition) is 4. The Hall–Kier alpha value is -1.28. The highest BCUT2D eigenvalue weighted by Gasteiger charge is 2.19. The van der Waals surface area contributed by atoms with E-state index in [4.69, 9.17) is 0 Å². The van der Waals surface area contributed by atoms with Gasteiger partial charge in [-0.15, -0.1) is 11.3 Å². The molecule has 2 aromatic rings. The number of nitrogens with zero attached hydrogens (tertiary/aromatic N) is 1. The van der Waals surface area contributed by atoms with E-state index in [0.29, 0.717) is 12.1 Å². The average Bonchev–Trinajstić information content (AvgIpc) is 2.95. The third kappa shape index (κ3) is 4.88. The number of nitrogens with one attached hydrogen (secondary N) is 1. The van der Waals surface area contributed by atoms with Gasteiger partial charge in [-0.25, -0.2) is 17.5 Å². The maximum Gasteiger partial charge on any atom is 0.215 e.